The Labute approximate surface area is 118 Å². The van der Waals surface area contributed by atoms with Crippen LogP contribution in [0.1, 0.15) is 24.2 Å². The van der Waals surface area contributed by atoms with Crippen LogP contribution in [0.25, 0.3) is 0 Å². The fourth-order valence-corrected chi connectivity index (χ4v) is 1.85. The Bertz CT molecular complexity index is 483. The van der Waals surface area contributed by atoms with E-state index in [0.717, 1.165) is 11.1 Å². The second-order valence-electron chi connectivity index (χ2n) is 4.25. The monoisotopic (exact) mass is 274 g/mol. The second kappa shape index (κ2) is 6.39. The van der Waals surface area contributed by atoms with Gasteiger partial charge in [-0.05, 0) is 18.1 Å². The van der Waals surface area contributed by atoms with Crippen LogP contribution in [-0.2, 0) is 9.53 Å². The molecule has 0 bridgehead atoms. The third-order valence-electron chi connectivity index (χ3n) is 2.76. The molecule has 0 aliphatic heterocycles. The molecular weight excluding hydrogens is 260 g/mol. The van der Waals surface area contributed by atoms with E-state index in [1.54, 1.807) is 6.92 Å². The molecule has 0 spiro atoms. The number of hydrogen-bond donors (Lipinski definition) is 0. The van der Waals surface area contributed by atoms with E-state index >= 15 is 0 Å². The number of carbonyl (C=O) groups is 1. The molecule has 0 N–H and O–H groups in total. The summed E-state index contributed by atoms with van der Waals surface area (Å²) in [6, 6.07) is 19.3. The first-order valence-electron chi connectivity index (χ1n) is 6.13. The normalized spacial score (nSPS) is 12.2. The van der Waals surface area contributed by atoms with Crippen LogP contribution < -0.4 is 0 Å². The molecule has 98 valence electrons. The summed E-state index contributed by atoms with van der Waals surface area (Å²) in [5.41, 5.74) is 1.86. The lowest BCUT2D eigenvalue weighted by Crippen LogP contribution is -2.19. The van der Waals surface area contributed by atoms with Crippen LogP contribution in [0.15, 0.2) is 60.7 Å². The van der Waals surface area contributed by atoms with Crippen LogP contribution in [0.2, 0.25) is 0 Å². The number of hydrogen-bond acceptors (Lipinski definition) is 2. The predicted molar refractivity (Wildman–Crippen MR) is 76.1 cm³/mol. The van der Waals surface area contributed by atoms with Gasteiger partial charge in [0.15, 0.2) is 6.10 Å². The molecule has 0 heterocycles. The number of benzene rings is 2. The smallest absolute Gasteiger partial charge is 0.324 e. The summed E-state index contributed by atoms with van der Waals surface area (Å²) in [5.74, 6) is -0.417. The van der Waals surface area contributed by atoms with Crippen molar-refractivity contribution in [1.82, 2.24) is 0 Å². The Morgan fingerprint density at radius 3 is 1.74 bits per heavy atom. The zero-order valence-corrected chi connectivity index (χ0v) is 11.4. The molecule has 2 nitrogen and oxygen atoms in total. The van der Waals surface area contributed by atoms with E-state index in [4.69, 9.17) is 16.3 Å². The van der Waals surface area contributed by atoms with Crippen LogP contribution >= 0.6 is 11.6 Å². The van der Waals surface area contributed by atoms with Gasteiger partial charge in [-0.25, -0.2) is 0 Å². The maximum absolute atomic E-state index is 11.7. The topological polar surface area (TPSA) is 26.3 Å². The predicted octanol–water partition coefficient (Wildman–Crippen LogP) is 3.95. The highest BCUT2D eigenvalue weighted by Gasteiger charge is 2.21. The van der Waals surface area contributed by atoms with Crippen molar-refractivity contribution >= 4 is 17.6 Å². The lowest BCUT2D eigenvalue weighted by atomic mass is 10.0. The van der Waals surface area contributed by atoms with Crippen LogP contribution in [0.4, 0.5) is 0 Å². The second-order valence-corrected chi connectivity index (χ2v) is 4.91. The molecule has 0 amide bonds. The number of esters is 1. The van der Waals surface area contributed by atoms with Gasteiger partial charge in [-0.3, -0.25) is 4.79 Å². The lowest BCUT2D eigenvalue weighted by Gasteiger charge is -2.19. The van der Waals surface area contributed by atoms with Crippen molar-refractivity contribution in [2.75, 3.05) is 0 Å². The number of carbonyl (C=O) groups excluding carboxylic acids is 1. The van der Waals surface area contributed by atoms with Gasteiger partial charge in [-0.15, -0.1) is 11.6 Å². The zero-order valence-electron chi connectivity index (χ0n) is 10.6. The summed E-state index contributed by atoms with van der Waals surface area (Å²) >= 11 is 5.77. The van der Waals surface area contributed by atoms with E-state index in [0.29, 0.717) is 0 Å². The highest BCUT2D eigenvalue weighted by atomic mass is 35.5. The first-order valence-corrected chi connectivity index (χ1v) is 6.56. The maximum atomic E-state index is 11.7. The maximum Gasteiger partial charge on any atom is 0.324 e. The molecule has 2 rings (SSSR count). The van der Waals surface area contributed by atoms with E-state index in [-0.39, 0.29) is 0 Å². The number of halogens is 1. The molecule has 0 aliphatic carbocycles. The van der Waals surface area contributed by atoms with E-state index in [1.807, 2.05) is 60.7 Å². The minimum atomic E-state index is -0.657. The summed E-state index contributed by atoms with van der Waals surface area (Å²) in [7, 11) is 0. The Balaban J connectivity index is 2.32. The minimum absolute atomic E-state index is 0.417. The number of ether oxygens (including phenoxy) is 1. The fraction of sp³-hybridized carbons (Fsp3) is 0.188. The van der Waals surface area contributed by atoms with Crippen molar-refractivity contribution in [3.63, 3.8) is 0 Å². The van der Waals surface area contributed by atoms with Crippen molar-refractivity contribution < 1.29 is 9.53 Å². The number of alkyl halides is 1. The summed E-state index contributed by atoms with van der Waals surface area (Å²) < 4.78 is 5.51. The Hall–Kier alpha value is -1.80. The molecule has 0 radical (unpaired) electrons. The van der Waals surface area contributed by atoms with E-state index in [2.05, 4.69) is 0 Å². The number of rotatable bonds is 4. The Morgan fingerprint density at radius 2 is 1.37 bits per heavy atom. The van der Waals surface area contributed by atoms with Crippen molar-refractivity contribution in [2.24, 2.45) is 0 Å². The average Bonchev–Trinajstić information content (AvgIpc) is 2.46. The molecule has 0 aromatic heterocycles. The molecule has 2 aromatic carbocycles. The molecular formula is C16H15ClO2. The standard InChI is InChI=1S/C16H15ClO2/c1-12(17)16(18)19-15(13-8-4-2-5-9-13)14-10-6-3-7-11-14/h2-12,15H,1H3/t12-/m1/s1. The first-order chi connectivity index (χ1) is 9.18. The molecule has 0 aliphatic rings. The van der Waals surface area contributed by atoms with Crippen molar-refractivity contribution in [1.29, 1.82) is 0 Å². The molecule has 2 aromatic rings. The first kappa shape index (κ1) is 13.6. The van der Waals surface area contributed by atoms with E-state index < -0.39 is 17.5 Å². The van der Waals surface area contributed by atoms with Gasteiger partial charge in [0.1, 0.15) is 5.38 Å². The summed E-state index contributed by atoms with van der Waals surface area (Å²) in [4.78, 5) is 11.7. The van der Waals surface area contributed by atoms with Crippen LogP contribution in [0, 0.1) is 0 Å². The van der Waals surface area contributed by atoms with Gasteiger partial charge in [0.25, 0.3) is 0 Å². The van der Waals surface area contributed by atoms with Gasteiger partial charge in [-0.2, -0.15) is 0 Å². The van der Waals surface area contributed by atoms with Gasteiger partial charge < -0.3 is 4.74 Å². The quantitative estimate of drug-likeness (QED) is 0.623. The third kappa shape index (κ3) is 3.58. The van der Waals surface area contributed by atoms with E-state index in [9.17, 15) is 4.79 Å². The molecule has 1 atom stereocenters. The van der Waals surface area contributed by atoms with Crippen molar-refractivity contribution in [3.8, 4) is 0 Å². The van der Waals surface area contributed by atoms with Crippen molar-refractivity contribution in [3.05, 3.63) is 71.8 Å². The van der Waals surface area contributed by atoms with Gasteiger partial charge in [0.2, 0.25) is 0 Å². The summed E-state index contributed by atoms with van der Waals surface area (Å²) in [5, 5.41) is -0.657. The van der Waals surface area contributed by atoms with Gasteiger partial charge in [0, 0.05) is 0 Å². The Kier molecular flexibility index (Phi) is 4.58. The zero-order chi connectivity index (χ0) is 13.7. The lowest BCUT2D eigenvalue weighted by molar-refractivity contribution is -0.146. The molecule has 3 heteroatoms. The van der Waals surface area contributed by atoms with Gasteiger partial charge in [-0.1, -0.05) is 60.7 Å². The highest BCUT2D eigenvalue weighted by Crippen LogP contribution is 2.26. The van der Waals surface area contributed by atoms with Gasteiger partial charge >= 0.3 is 5.97 Å². The fourth-order valence-electron chi connectivity index (χ4n) is 1.79. The summed E-state index contributed by atoms with van der Waals surface area (Å²) in [6.07, 6.45) is -0.420. The highest BCUT2D eigenvalue weighted by molar-refractivity contribution is 6.29. The van der Waals surface area contributed by atoms with Crippen LogP contribution in [0.3, 0.4) is 0 Å². The summed E-state index contributed by atoms with van der Waals surface area (Å²) in [6.45, 7) is 1.61. The molecule has 0 saturated carbocycles. The average molecular weight is 275 g/mol. The SMILES string of the molecule is C[C@@H](Cl)C(=O)OC(c1ccccc1)c1ccccc1. The molecule has 0 saturated heterocycles. The van der Waals surface area contributed by atoms with E-state index in [1.165, 1.54) is 0 Å². The minimum Gasteiger partial charge on any atom is -0.451 e. The van der Waals surface area contributed by atoms with Crippen LogP contribution in [-0.4, -0.2) is 11.3 Å². The Morgan fingerprint density at radius 1 is 0.947 bits per heavy atom. The van der Waals surface area contributed by atoms with Crippen LogP contribution in [0.5, 0.6) is 0 Å². The van der Waals surface area contributed by atoms with Crippen molar-refractivity contribution in [2.45, 2.75) is 18.4 Å². The largest absolute Gasteiger partial charge is 0.451 e. The molecule has 0 unspecified atom stereocenters. The third-order valence-corrected chi connectivity index (χ3v) is 2.94. The van der Waals surface area contributed by atoms with Gasteiger partial charge in [0.05, 0.1) is 0 Å². The molecule has 0 fully saturated rings. The molecule has 19 heavy (non-hydrogen) atoms.